The standard InChI is InChI=1S/C11H19N3O/c1-6(2)8-7(11(3,4)5)9(10(12)15)14-13-8/h6H,1-5H3,(H2,12,15)(H,13,14). The van der Waals surface area contributed by atoms with Crippen LogP contribution in [0.15, 0.2) is 0 Å². The topological polar surface area (TPSA) is 71.8 Å². The van der Waals surface area contributed by atoms with Crippen molar-refractivity contribution < 1.29 is 4.79 Å². The lowest BCUT2D eigenvalue weighted by Gasteiger charge is -2.21. The second-order valence-electron chi connectivity index (χ2n) is 5.13. The number of hydrogen-bond acceptors (Lipinski definition) is 2. The Balaban J connectivity index is 3.40. The minimum Gasteiger partial charge on any atom is -0.364 e. The van der Waals surface area contributed by atoms with E-state index in [4.69, 9.17) is 5.73 Å². The predicted octanol–water partition coefficient (Wildman–Crippen LogP) is 1.93. The molecule has 0 atom stereocenters. The maximum absolute atomic E-state index is 11.2. The first kappa shape index (κ1) is 11.8. The van der Waals surface area contributed by atoms with Gasteiger partial charge in [0.15, 0.2) is 5.69 Å². The van der Waals surface area contributed by atoms with E-state index in [1.165, 1.54) is 0 Å². The zero-order valence-corrected chi connectivity index (χ0v) is 10.0. The molecule has 0 aliphatic heterocycles. The van der Waals surface area contributed by atoms with Crippen LogP contribution in [0.4, 0.5) is 0 Å². The van der Waals surface area contributed by atoms with Crippen molar-refractivity contribution in [3.63, 3.8) is 0 Å². The van der Waals surface area contributed by atoms with Gasteiger partial charge in [0.25, 0.3) is 5.91 Å². The molecule has 3 N–H and O–H groups in total. The number of carbonyl (C=O) groups is 1. The molecule has 1 heterocycles. The van der Waals surface area contributed by atoms with Crippen molar-refractivity contribution in [3.05, 3.63) is 17.0 Å². The van der Waals surface area contributed by atoms with Crippen LogP contribution in [0.2, 0.25) is 0 Å². The van der Waals surface area contributed by atoms with Crippen molar-refractivity contribution in [2.24, 2.45) is 5.73 Å². The largest absolute Gasteiger partial charge is 0.364 e. The Morgan fingerprint density at radius 2 is 1.93 bits per heavy atom. The van der Waals surface area contributed by atoms with Gasteiger partial charge >= 0.3 is 0 Å². The van der Waals surface area contributed by atoms with E-state index in [1.807, 2.05) is 0 Å². The van der Waals surface area contributed by atoms with Crippen molar-refractivity contribution in [1.29, 1.82) is 0 Å². The molecular weight excluding hydrogens is 190 g/mol. The normalized spacial score (nSPS) is 12.1. The minimum absolute atomic E-state index is 0.128. The average molecular weight is 209 g/mol. The highest BCUT2D eigenvalue weighted by Gasteiger charge is 2.28. The van der Waals surface area contributed by atoms with Crippen molar-refractivity contribution in [2.75, 3.05) is 0 Å². The highest BCUT2D eigenvalue weighted by Crippen LogP contribution is 2.31. The van der Waals surface area contributed by atoms with Gasteiger partial charge in [-0.3, -0.25) is 9.89 Å². The van der Waals surface area contributed by atoms with Crippen LogP contribution in [0.3, 0.4) is 0 Å². The van der Waals surface area contributed by atoms with Crippen molar-refractivity contribution in [3.8, 4) is 0 Å². The molecule has 0 unspecified atom stereocenters. The first-order valence-corrected chi connectivity index (χ1v) is 5.13. The van der Waals surface area contributed by atoms with Crippen LogP contribution in [0.1, 0.15) is 62.3 Å². The van der Waals surface area contributed by atoms with Crippen LogP contribution in [-0.4, -0.2) is 16.1 Å². The van der Waals surface area contributed by atoms with E-state index in [1.54, 1.807) is 0 Å². The molecule has 0 radical (unpaired) electrons. The molecule has 1 aromatic rings. The van der Waals surface area contributed by atoms with E-state index in [2.05, 4.69) is 44.8 Å². The number of amides is 1. The van der Waals surface area contributed by atoms with Crippen molar-refractivity contribution in [2.45, 2.75) is 46.0 Å². The van der Waals surface area contributed by atoms with E-state index in [0.717, 1.165) is 11.3 Å². The Hall–Kier alpha value is -1.32. The number of nitrogens with two attached hydrogens (primary N) is 1. The highest BCUT2D eigenvalue weighted by molar-refractivity contribution is 5.93. The van der Waals surface area contributed by atoms with Gasteiger partial charge in [0, 0.05) is 11.3 Å². The molecule has 1 aromatic heterocycles. The number of rotatable bonds is 2. The van der Waals surface area contributed by atoms with Gasteiger partial charge in [0.1, 0.15) is 0 Å². The average Bonchev–Trinajstić information content (AvgIpc) is 2.45. The minimum atomic E-state index is -0.469. The lowest BCUT2D eigenvalue weighted by molar-refractivity contribution is 0.0993. The Morgan fingerprint density at radius 1 is 1.40 bits per heavy atom. The van der Waals surface area contributed by atoms with E-state index in [-0.39, 0.29) is 5.41 Å². The Kier molecular flexibility index (Phi) is 2.88. The fourth-order valence-electron chi connectivity index (χ4n) is 1.71. The first-order chi connectivity index (χ1) is 6.75. The van der Waals surface area contributed by atoms with Gasteiger partial charge < -0.3 is 5.73 Å². The van der Waals surface area contributed by atoms with Crippen LogP contribution < -0.4 is 5.73 Å². The summed E-state index contributed by atoms with van der Waals surface area (Å²) in [7, 11) is 0. The second kappa shape index (κ2) is 3.68. The number of nitrogens with one attached hydrogen (secondary N) is 1. The monoisotopic (exact) mass is 209 g/mol. The molecule has 0 saturated heterocycles. The fraction of sp³-hybridized carbons (Fsp3) is 0.636. The van der Waals surface area contributed by atoms with Gasteiger partial charge in [-0.1, -0.05) is 34.6 Å². The number of nitrogens with zero attached hydrogens (tertiary/aromatic N) is 1. The summed E-state index contributed by atoms with van der Waals surface area (Å²) in [5.74, 6) is -0.164. The molecule has 1 rings (SSSR count). The molecule has 0 aliphatic rings. The van der Waals surface area contributed by atoms with E-state index in [0.29, 0.717) is 11.6 Å². The van der Waals surface area contributed by atoms with Crippen LogP contribution in [0.25, 0.3) is 0 Å². The predicted molar refractivity (Wildman–Crippen MR) is 59.9 cm³/mol. The fourth-order valence-corrected chi connectivity index (χ4v) is 1.71. The number of H-pyrrole nitrogens is 1. The molecular formula is C11H19N3O. The molecule has 0 bridgehead atoms. The van der Waals surface area contributed by atoms with Gasteiger partial charge in [-0.15, -0.1) is 0 Å². The van der Waals surface area contributed by atoms with Gasteiger partial charge in [-0.25, -0.2) is 0 Å². The molecule has 0 fully saturated rings. The maximum atomic E-state index is 11.2. The van der Waals surface area contributed by atoms with Gasteiger partial charge in [0.05, 0.1) is 0 Å². The summed E-state index contributed by atoms with van der Waals surface area (Å²) < 4.78 is 0. The SMILES string of the molecule is CC(C)c1[nH]nc(C(N)=O)c1C(C)(C)C. The molecule has 1 amide bonds. The summed E-state index contributed by atoms with van der Waals surface area (Å²) in [4.78, 5) is 11.2. The summed E-state index contributed by atoms with van der Waals surface area (Å²) in [5.41, 5.74) is 7.47. The number of primary amides is 1. The lowest BCUT2D eigenvalue weighted by atomic mass is 9.82. The third-order valence-corrected chi connectivity index (χ3v) is 2.36. The summed E-state index contributed by atoms with van der Waals surface area (Å²) in [5, 5.41) is 6.91. The van der Waals surface area contributed by atoms with Gasteiger partial charge in [-0.05, 0) is 11.3 Å². The summed E-state index contributed by atoms with van der Waals surface area (Å²) >= 11 is 0. The highest BCUT2D eigenvalue weighted by atomic mass is 16.1. The number of aromatic nitrogens is 2. The molecule has 4 nitrogen and oxygen atoms in total. The first-order valence-electron chi connectivity index (χ1n) is 5.13. The van der Waals surface area contributed by atoms with Crippen LogP contribution in [0, 0.1) is 0 Å². The van der Waals surface area contributed by atoms with Crippen LogP contribution in [-0.2, 0) is 5.41 Å². The van der Waals surface area contributed by atoms with Gasteiger partial charge in [-0.2, -0.15) is 5.10 Å². The third kappa shape index (κ3) is 2.19. The third-order valence-electron chi connectivity index (χ3n) is 2.36. The zero-order valence-electron chi connectivity index (χ0n) is 10.0. The lowest BCUT2D eigenvalue weighted by Crippen LogP contribution is -2.21. The van der Waals surface area contributed by atoms with Gasteiger partial charge in [0.2, 0.25) is 0 Å². The number of carbonyl (C=O) groups excluding carboxylic acids is 1. The van der Waals surface area contributed by atoms with E-state index in [9.17, 15) is 4.79 Å². The summed E-state index contributed by atoms with van der Waals surface area (Å²) in [6.45, 7) is 10.3. The second-order valence-corrected chi connectivity index (χ2v) is 5.13. The molecule has 15 heavy (non-hydrogen) atoms. The van der Waals surface area contributed by atoms with Crippen LogP contribution in [0.5, 0.6) is 0 Å². The van der Waals surface area contributed by atoms with Crippen molar-refractivity contribution >= 4 is 5.91 Å². The Morgan fingerprint density at radius 3 is 2.27 bits per heavy atom. The Labute approximate surface area is 90.2 Å². The van der Waals surface area contributed by atoms with Crippen LogP contribution >= 0.6 is 0 Å². The maximum Gasteiger partial charge on any atom is 0.269 e. The van der Waals surface area contributed by atoms with Crippen molar-refractivity contribution in [1.82, 2.24) is 10.2 Å². The smallest absolute Gasteiger partial charge is 0.269 e. The quantitative estimate of drug-likeness (QED) is 0.781. The Bertz CT molecular complexity index is 372. The molecule has 4 heteroatoms. The summed E-state index contributed by atoms with van der Waals surface area (Å²) in [6.07, 6.45) is 0. The zero-order chi connectivity index (χ0) is 11.8. The molecule has 0 spiro atoms. The number of hydrogen-bond donors (Lipinski definition) is 2. The molecule has 0 aliphatic carbocycles. The van der Waals surface area contributed by atoms with E-state index < -0.39 is 5.91 Å². The summed E-state index contributed by atoms with van der Waals surface area (Å²) in [6, 6.07) is 0. The molecule has 0 saturated carbocycles. The van der Waals surface area contributed by atoms with E-state index >= 15 is 0 Å². The molecule has 84 valence electrons. The molecule has 0 aromatic carbocycles. The number of aromatic amines is 1.